The van der Waals surface area contributed by atoms with Crippen molar-refractivity contribution in [3.63, 3.8) is 0 Å². The molecular weight excluding hydrogens is 258 g/mol. The monoisotopic (exact) mass is 275 g/mol. The second kappa shape index (κ2) is 4.85. The number of sulfonamides is 1. The second-order valence-electron chi connectivity index (χ2n) is 5.08. The molecule has 0 spiro atoms. The van der Waals surface area contributed by atoms with E-state index in [1.807, 2.05) is 42.5 Å². The molecule has 0 amide bonds. The lowest BCUT2D eigenvalue weighted by Gasteiger charge is -2.14. The molecule has 1 saturated carbocycles. The van der Waals surface area contributed by atoms with E-state index in [0.29, 0.717) is 5.69 Å². The van der Waals surface area contributed by atoms with E-state index in [1.54, 1.807) is 0 Å². The zero-order valence-corrected chi connectivity index (χ0v) is 11.5. The number of rotatable bonds is 3. The van der Waals surface area contributed by atoms with Crippen LogP contribution in [0.3, 0.4) is 0 Å². The molecule has 2 aromatic rings. The molecule has 0 saturated heterocycles. The van der Waals surface area contributed by atoms with Crippen LogP contribution in [0.1, 0.15) is 25.7 Å². The number of hydrogen-bond acceptors (Lipinski definition) is 2. The Hall–Kier alpha value is -1.55. The maximum absolute atomic E-state index is 12.3. The van der Waals surface area contributed by atoms with Crippen LogP contribution >= 0.6 is 0 Å². The zero-order valence-electron chi connectivity index (χ0n) is 10.7. The molecule has 0 heterocycles. The fourth-order valence-electron chi connectivity index (χ4n) is 2.75. The smallest absolute Gasteiger partial charge is 0.235 e. The topological polar surface area (TPSA) is 46.2 Å². The lowest BCUT2D eigenvalue weighted by atomic mass is 10.1. The van der Waals surface area contributed by atoms with E-state index in [2.05, 4.69) is 4.72 Å². The van der Waals surface area contributed by atoms with Crippen molar-refractivity contribution in [2.75, 3.05) is 4.72 Å². The van der Waals surface area contributed by atoms with Gasteiger partial charge in [-0.1, -0.05) is 49.2 Å². The molecule has 0 aliphatic heterocycles. The molecule has 1 N–H and O–H groups in total. The summed E-state index contributed by atoms with van der Waals surface area (Å²) in [6.45, 7) is 0. The van der Waals surface area contributed by atoms with Crippen molar-refractivity contribution >= 4 is 26.5 Å². The van der Waals surface area contributed by atoms with Crippen molar-refractivity contribution in [2.45, 2.75) is 30.9 Å². The van der Waals surface area contributed by atoms with Gasteiger partial charge in [0.05, 0.1) is 10.9 Å². The molecule has 2 aromatic carbocycles. The van der Waals surface area contributed by atoms with Gasteiger partial charge in [-0.05, 0) is 24.3 Å². The summed E-state index contributed by atoms with van der Waals surface area (Å²) in [5, 5.41) is 1.77. The minimum Gasteiger partial charge on any atom is -0.283 e. The van der Waals surface area contributed by atoms with E-state index in [-0.39, 0.29) is 5.25 Å². The third kappa shape index (κ3) is 2.45. The molecule has 3 nitrogen and oxygen atoms in total. The van der Waals surface area contributed by atoms with Gasteiger partial charge in [-0.25, -0.2) is 8.42 Å². The highest BCUT2D eigenvalue weighted by Crippen LogP contribution is 2.29. The Bertz CT molecular complexity index is 683. The van der Waals surface area contributed by atoms with Crippen LogP contribution in [0.25, 0.3) is 10.8 Å². The molecule has 100 valence electrons. The number of nitrogens with one attached hydrogen (secondary N) is 1. The van der Waals surface area contributed by atoms with Crippen LogP contribution in [0.15, 0.2) is 42.5 Å². The number of hydrogen-bond donors (Lipinski definition) is 1. The zero-order chi connectivity index (χ0) is 13.3. The van der Waals surface area contributed by atoms with Crippen LogP contribution in [0.5, 0.6) is 0 Å². The molecule has 0 atom stereocenters. The van der Waals surface area contributed by atoms with E-state index in [0.717, 1.165) is 36.5 Å². The first kappa shape index (κ1) is 12.5. The Balaban J connectivity index is 1.97. The summed E-state index contributed by atoms with van der Waals surface area (Å²) in [5.41, 5.74) is 0.685. The molecule has 1 aliphatic rings. The van der Waals surface area contributed by atoms with Crippen LogP contribution in [-0.2, 0) is 10.0 Å². The molecule has 4 heteroatoms. The molecule has 0 bridgehead atoms. The fraction of sp³-hybridized carbons (Fsp3) is 0.333. The summed E-state index contributed by atoms with van der Waals surface area (Å²) >= 11 is 0. The van der Waals surface area contributed by atoms with Crippen LogP contribution in [0.2, 0.25) is 0 Å². The van der Waals surface area contributed by atoms with Gasteiger partial charge >= 0.3 is 0 Å². The molecule has 0 radical (unpaired) electrons. The van der Waals surface area contributed by atoms with Gasteiger partial charge in [-0.2, -0.15) is 0 Å². The highest BCUT2D eigenvalue weighted by atomic mass is 32.2. The normalized spacial score (nSPS) is 16.8. The van der Waals surface area contributed by atoms with E-state index >= 15 is 0 Å². The molecule has 1 fully saturated rings. The third-order valence-corrected chi connectivity index (χ3v) is 5.64. The summed E-state index contributed by atoms with van der Waals surface area (Å²) in [6, 6.07) is 13.5. The summed E-state index contributed by atoms with van der Waals surface area (Å²) in [4.78, 5) is 0. The second-order valence-corrected chi connectivity index (χ2v) is 7.04. The number of benzene rings is 2. The van der Waals surface area contributed by atoms with Crippen LogP contribution < -0.4 is 4.72 Å². The van der Waals surface area contributed by atoms with Crippen molar-refractivity contribution in [3.05, 3.63) is 42.5 Å². The maximum atomic E-state index is 12.3. The van der Waals surface area contributed by atoms with Crippen LogP contribution in [-0.4, -0.2) is 13.7 Å². The predicted octanol–water partition coefficient (Wildman–Crippen LogP) is 3.52. The van der Waals surface area contributed by atoms with Crippen molar-refractivity contribution in [1.29, 1.82) is 0 Å². The van der Waals surface area contributed by atoms with E-state index in [9.17, 15) is 8.42 Å². The Kier molecular flexibility index (Phi) is 3.19. The SMILES string of the molecule is O=S(=O)(Nc1cccc2ccccc12)C1CCCC1. The Morgan fingerprint density at radius 1 is 0.947 bits per heavy atom. The summed E-state index contributed by atoms with van der Waals surface area (Å²) in [7, 11) is -3.25. The van der Waals surface area contributed by atoms with E-state index < -0.39 is 10.0 Å². The minimum atomic E-state index is -3.25. The molecule has 1 aliphatic carbocycles. The van der Waals surface area contributed by atoms with Gasteiger partial charge < -0.3 is 0 Å². The molecule has 0 aromatic heterocycles. The first-order valence-electron chi connectivity index (χ1n) is 6.66. The van der Waals surface area contributed by atoms with Gasteiger partial charge in [-0.15, -0.1) is 0 Å². The Labute approximate surface area is 113 Å². The molecule has 19 heavy (non-hydrogen) atoms. The highest BCUT2D eigenvalue weighted by Gasteiger charge is 2.28. The fourth-order valence-corrected chi connectivity index (χ4v) is 4.35. The van der Waals surface area contributed by atoms with Crippen LogP contribution in [0, 0.1) is 0 Å². The average Bonchev–Trinajstić information content (AvgIpc) is 2.93. The standard InChI is InChI=1S/C15H17NO2S/c17-19(18,13-8-2-3-9-13)16-15-11-5-7-12-6-1-4-10-14(12)15/h1,4-7,10-11,13,16H,2-3,8-9H2. The minimum absolute atomic E-state index is 0.230. The molecular formula is C15H17NO2S. The summed E-state index contributed by atoms with van der Waals surface area (Å²) in [5.74, 6) is 0. The average molecular weight is 275 g/mol. The van der Waals surface area contributed by atoms with Crippen molar-refractivity contribution in [3.8, 4) is 0 Å². The van der Waals surface area contributed by atoms with Gasteiger partial charge in [0, 0.05) is 5.39 Å². The quantitative estimate of drug-likeness (QED) is 0.931. The predicted molar refractivity (Wildman–Crippen MR) is 78.7 cm³/mol. The largest absolute Gasteiger partial charge is 0.283 e. The third-order valence-electron chi connectivity index (χ3n) is 3.78. The first-order valence-corrected chi connectivity index (χ1v) is 8.21. The van der Waals surface area contributed by atoms with Gasteiger partial charge in [0.15, 0.2) is 0 Å². The van der Waals surface area contributed by atoms with Gasteiger partial charge in [0.25, 0.3) is 0 Å². The van der Waals surface area contributed by atoms with E-state index in [4.69, 9.17) is 0 Å². The number of fused-ring (bicyclic) bond motifs is 1. The molecule has 0 unspecified atom stereocenters. The summed E-state index contributed by atoms with van der Waals surface area (Å²) in [6.07, 6.45) is 3.59. The Morgan fingerprint density at radius 3 is 2.42 bits per heavy atom. The van der Waals surface area contributed by atoms with E-state index in [1.165, 1.54) is 0 Å². The maximum Gasteiger partial charge on any atom is 0.235 e. The van der Waals surface area contributed by atoms with Gasteiger partial charge in [0.2, 0.25) is 10.0 Å². The van der Waals surface area contributed by atoms with Crippen molar-refractivity contribution < 1.29 is 8.42 Å². The first-order chi connectivity index (χ1) is 9.17. The van der Waals surface area contributed by atoms with Crippen molar-refractivity contribution in [2.24, 2.45) is 0 Å². The van der Waals surface area contributed by atoms with Crippen molar-refractivity contribution in [1.82, 2.24) is 0 Å². The van der Waals surface area contributed by atoms with Gasteiger partial charge in [-0.3, -0.25) is 4.72 Å². The molecule has 3 rings (SSSR count). The number of anilines is 1. The Morgan fingerprint density at radius 2 is 1.63 bits per heavy atom. The highest BCUT2D eigenvalue weighted by molar-refractivity contribution is 7.93. The lowest BCUT2D eigenvalue weighted by molar-refractivity contribution is 0.585. The van der Waals surface area contributed by atoms with Crippen LogP contribution in [0.4, 0.5) is 5.69 Å². The van der Waals surface area contributed by atoms with Gasteiger partial charge in [0.1, 0.15) is 0 Å². The summed E-state index contributed by atoms with van der Waals surface area (Å²) < 4.78 is 27.4. The lowest BCUT2D eigenvalue weighted by Crippen LogP contribution is -2.25.